The minimum atomic E-state index is 0.605. The molecule has 1 N–H and O–H groups in total. The lowest BCUT2D eigenvalue weighted by Gasteiger charge is -2.17. The van der Waals surface area contributed by atoms with Gasteiger partial charge in [-0.1, -0.05) is 24.3 Å². The zero-order valence-electron chi connectivity index (χ0n) is 11.1. The third-order valence-corrected chi connectivity index (χ3v) is 3.37. The molecule has 1 atom stereocenters. The molecule has 0 aliphatic rings. The standard InChI is InChI=1S/C16H21NO/c1-13-5-3-4-6-16(13)10-15(11-17-2)9-14-7-8-18-12-14/h3-8,12,15,17H,9-11H2,1-2H3. The molecule has 0 saturated carbocycles. The number of furan rings is 1. The van der Waals surface area contributed by atoms with Crippen LogP contribution in [0.2, 0.25) is 0 Å². The molecule has 0 bridgehead atoms. The van der Waals surface area contributed by atoms with Crippen LogP contribution in [-0.2, 0) is 12.8 Å². The maximum absolute atomic E-state index is 5.15. The van der Waals surface area contributed by atoms with Crippen LogP contribution in [0, 0.1) is 12.8 Å². The zero-order valence-corrected chi connectivity index (χ0v) is 11.1. The van der Waals surface area contributed by atoms with Gasteiger partial charge in [-0.25, -0.2) is 0 Å². The lowest BCUT2D eigenvalue weighted by molar-refractivity contribution is 0.487. The molecule has 1 aromatic heterocycles. The first-order valence-corrected chi connectivity index (χ1v) is 6.49. The third kappa shape index (κ3) is 3.47. The van der Waals surface area contributed by atoms with Gasteiger partial charge in [-0.3, -0.25) is 0 Å². The van der Waals surface area contributed by atoms with Crippen molar-refractivity contribution in [3.63, 3.8) is 0 Å². The van der Waals surface area contributed by atoms with Crippen LogP contribution >= 0.6 is 0 Å². The summed E-state index contributed by atoms with van der Waals surface area (Å²) >= 11 is 0. The summed E-state index contributed by atoms with van der Waals surface area (Å²) in [7, 11) is 2.01. The molecular weight excluding hydrogens is 222 g/mol. The van der Waals surface area contributed by atoms with Crippen LogP contribution in [0.4, 0.5) is 0 Å². The fourth-order valence-electron chi connectivity index (χ4n) is 2.40. The van der Waals surface area contributed by atoms with Crippen molar-refractivity contribution in [2.45, 2.75) is 19.8 Å². The molecule has 18 heavy (non-hydrogen) atoms. The van der Waals surface area contributed by atoms with Crippen molar-refractivity contribution in [3.05, 3.63) is 59.5 Å². The van der Waals surface area contributed by atoms with Crippen molar-refractivity contribution in [2.24, 2.45) is 5.92 Å². The van der Waals surface area contributed by atoms with Crippen molar-refractivity contribution >= 4 is 0 Å². The maximum atomic E-state index is 5.15. The predicted octanol–water partition coefficient (Wildman–Crippen LogP) is 3.21. The maximum Gasteiger partial charge on any atom is 0.0934 e. The van der Waals surface area contributed by atoms with E-state index in [9.17, 15) is 0 Å². The van der Waals surface area contributed by atoms with E-state index in [4.69, 9.17) is 4.42 Å². The quantitative estimate of drug-likeness (QED) is 0.842. The minimum absolute atomic E-state index is 0.605. The second kappa shape index (κ2) is 6.41. The summed E-state index contributed by atoms with van der Waals surface area (Å²) in [5, 5.41) is 3.29. The van der Waals surface area contributed by atoms with Gasteiger partial charge in [0.25, 0.3) is 0 Å². The van der Waals surface area contributed by atoms with E-state index in [2.05, 4.69) is 42.6 Å². The molecule has 96 valence electrons. The van der Waals surface area contributed by atoms with Crippen LogP contribution < -0.4 is 5.32 Å². The van der Waals surface area contributed by atoms with Gasteiger partial charge in [0.2, 0.25) is 0 Å². The molecule has 2 heteroatoms. The molecule has 1 unspecified atom stereocenters. The highest BCUT2D eigenvalue weighted by Gasteiger charge is 2.11. The van der Waals surface area contributed by atoms with E-state index in [1.165, 1.54) is 16.7 Å². The first-order chi connectivity index (χ1) is 8.79. The van der Waals surface area contributed by atoms with Crippen LogP contribution in [-0.4, -0.2) is 13.6 Å². The third-order valence-electron chi connectivity index (χ3n) is 3.37. The van der Waals surface area contributed by atoms with Crippen molar-refractivity contribution in [1.82, 2.24) is 5.32 Å². The Labute approximate surface area is 109 Å². The molecule has 1 aromatic carbocycles. The van der Waals surface area contributed by atoms with Gasteiger partial charge in [0, 0.05) is 0 Å². The van der Waals surface area contributed by atoms with Gasteiger partial charge >= 0.3 is 0 Å². The summed E-state index contributed by atoms with van der Waals surface area (Å²) in [6.07, 6.45) is 5.77. The first-order valence-electron chi connectivity index (χ1n) is 6.49. The summed E-state index contributed by atoms with van der Waals surface area (Å²) < 4.78 is 5.15. The lowest BCUT2D eigenvalue weighted by atomic mass is 9.91. The smallest absolute Gasteiger partial charge is 0.0934 e. The summed E-state index contributed by atoms with van der Waals surface area (Å²) in [6, 6.07) is 10.7. The zero-order chi connectivity index (χ0) is 12.8. The van der Waals surface area contributed by atoms with E-state index in [1.54, 1.807) is 6.26 Å². The van der Waals surface area contributed by atoms with Crippen LogP contribution in [0.25, 0.3) is 0 Å². The van der Waals surface area contributed by atoms with Crippen molar-refractivity contribution < 1.29 is 4.42 Å². The molecule has 2 aromatic rings. The number of hydrogen-bond donors (Lipinski definition) is 1. The molecule has 0 aliphatic heterocycles. The fraction of sp³-hybridized carbons (Fsp3) is 0.375. The topological polar surface area (TPSA) is 25.2 Å². The van der Waals surface area contributed by atoms with Gasteiger partial charge in [0.1, 0.15) is 0 Å². The Kier molecular flexibility index (Phi) is 4.59. The summed E-state index contributed by atoms with van der Waals surface area (Å²) in [6.45, 7) is 3.21. The Morgan fingerprint density at radius 1 is 1.17 bits per heavy atom. The highest BCUT2D eigenvalue weighted by Crippen LogP contribution is 2.17. The van der Waals surface area contributed by atoms with E-state index < -0.39 is 0 Å². The summed E-state index contributed by atoms with van der Waals surface area (Å²) in [5.41, 5.74) is 4.11. The average Bonchev–Trinajstić information content (AvgIpc) is 2.85. The van der Waals surface area contributed by atoms with Gasteiger partial charge in [-0.2, -0.15) is 0 Å². The Morgan fingerprint density at radius 3 is 2.67 bits per heavy atom. The predicted molar refractivity (Wildman–Crippen MR) is 74.7 cm³/mol. The molecular formula is C16H21NO. The second-order valence-corrected chi connectivity index (χ2v) is 4.89. The molecule has 0 amide bonds. The van der Waals surface area contributed by atoms with E-state index in [0.717, 1.165) is 19.4 Å². The molecule has 0 aliphatic carbocycles. The largest absolute Gasteiger partial charge is 0.472 e. The van der Waals surface area contributed by atoms with Crippen LogP contribution in [0.5, 0.6) is 0 Å². The summed E-state index contributed by atoms with van der Waals surface area (Å²) in [4.78, 5) is 0. The minimum Gasteiger partial charge on any atom is -0.472 e. The van der Waals surface area contributed by atoms with Crippen molar-refractivity contribution in [3.8, 4) is 0 Å². The Morgan fingerprint density at radius 2 is 2.00 bits per heavy atom. The molecule has 0 fully saturated rings. The Balaban J connectivity index is 2.04. The van der Waals surface area contributed by atoms with Gasteiger partial charge < -0.3 is 9.73 Å². The number of hydrogen-bond acceptors (Lipinski definition) is 2. The normalized spacial score (nSPS) is 12.6. The number of rotatable bonds is 6. The highest BCUT2D eigenvalue weighted by molar-refractivity contribution is 5.26. The second-order valence-electron chi connectivity index (χ2n) is 4.89. The van der Waals surface area contributed by atoms with Gasteiger partial charge in [-0.05, 0) is 62.0 Å². The number of aryl methyl sites for hydroxylation is 1. The van der Waals surface area contributed by atoms with E-state index in [1.807, 2.05) is 13.3 Å². The van der Waals surface area contributed by atoms with Crippen LogP contribution in [0.3, 0.4) is 0 Å². The molecule has 2 nitrogen and oxygen atoms in total. The van der Waals surface area contributed by atoms with Crippen LogP contribution in [0.1, 0.15) is 16.7 Å². The van der Waals surface area contributed by atoms with E-state index in [-0.39, 0.29) is 0 Å². The van der Waals surface area contributed by atoms with E-state index >= 15 is 0 Å². The van der Waals surface area contributed by atoms with Crippen molar-refractivity contribution in [1.29, 1.82) is 0 Å². The number of nitrogens with one attached hydrogen (secondary N) is 1. The average molecular weight is 243 g/mol. The van der Waals surface area contributed by atoms with E-state index in [0.29, 0.717) is 5.92 Å². The molecule has 2 rings (SSSR count). The van der Waals surface area contributed by atoms with Gasteiger partial charge in [-0.15, -0.1) is 0 Å². The highest BCUT2D eigenvalue weighted by atomic mass is 16.3. The molecule has 0 radical (unpaired) electrons. The monoisotopic (exact) mass is 243 g/mol. The first kappa shape index (κ1) is 12.9. The van der Waals surface area contributed by atoms with Gasteiger partial charge in [0.15, 0.2) is 0 Å². The number of benzene rings is 1. The molecule has 0 saturated heterocycles. The Hall–Kier alpha value is -1.54. The molecule has 0 spiro atoms. The molecule has 1 heterocycles. The SMILES string of the molecule is CNCC(Cc1ccoc1)Cc1ccccc1C. The Bertz CT molecular complexity index is 462. The van der Waals surface area contributed by atoms with Gasteiger partial charge in [0.05, 0.1) is 12.5 Å². The lowest BCUT2D eigenvalue weighted by Crippen LogP contribution is -2.22. The summed E-state index contributed by atoms with van der Waals surface area (Å²) in [5.74, 6) is 0.605. The van der Waals surface area contributed by atoms with Crippen LogP contribution in [0.15, 0.2) is 47.3 Å². The van der Waals surface area contributed by atoms with Crippen molar-refractivity contribution in [2.75, 3.05) is 13.6 Å². The fourth-order valence-corrected chi connectivity index (χ4v) is 2.40.